The highest BCUT2D eigenvalue weighted by Gasteiger charge is 2.61. The number of rotatable bonds is 10. The summed E-state index contributed by atoms with van der Waals surface area (Å²) in [5, 5.41) is 3.83. The molecule has 2 fully saturated rings. The Labute approximate surface area is 192 Å². The minimum atomic E-state index is -1.66. The van der Waals surface area contributed by atoms with E-state index >= 15 is 0 Å². The van der Waals surface area contributed by atoms with E-state index in [0.717, 1.165) is 11.1 Å². The maximum absolute atomic E-state index is 12.4. The third-order valence-corrected chi connectivity index (χ3v) is 5.65. The first-order valence-corrected chi connectivity index (χ1v) is 10.8. The molecule has 0 bridgehead atoms. The first-order valence-electron chi connectivity index (χ1n) is 10.8. The highest BCUT2D eigenvalue weighted by atomic mass is 16.8. The average Bonchev–Trinajstić information content (AvgIpc) is 3.30. The molecule has 1 unspecified atom stereocenters. The Bertz CT molecular complexity index is 982. The van der Waals surface area contributed by atoms with E-state index in [-0.39, 0.29) is 19.8 Å². The SMILES string of the molecule is CC1(C)O[C@H]2O[C@H](C(C=O)(COCc3ccccc3)N=[N+]=[N-])[C@H](OCc3ccccc3)[C@H]2O1. The second-order valence-corrected chi connectivity index (χ2v) is 8.56. The molecule has 2 aliphatic rings. The molecule has 0 radical (unpaired) electrons. The molecule has 0 aliphatic carbocycles. The number of nitrogens with zero attached hydrogens (tertiary/aromatic N) is 3. The molecule has 2 aromatic carbocycles. The minimum Gasteiger partial charge on any atom is -0.375 e. The van der Waals surface area contributed by atoms with Gasteiger partial charge in [0.2, 0.25) is 0 Å². The van der Waals surface area contributed by atoms with Crippen LogP contribution in [0.5, 0.6) is 0 Å². The molecule has 33 heavy (non-hydrogen) atoms. The van der Waals surface area contributed by atoms with Crippen LogP contribution >= 0.6 is 0 Å². The van der Waals surface area contributed by atoms with Gasteiger partial charge in [-0.2, -0.15) is 0 Å². The van der Waals surface area contributed by atoms with Gasteiger partial charge in [0, 0.05) is 4.91 Å². The Morgan fingerprint density at radius 2 is 1.70 bits per heavy atom. The van der Waals surface area contributed by atoms with Gasteiger partial charge in [0.05, 0.1) is 19.8 Å². The maximum Gasteiger partial charge on any atom is 0.190 e. The Balaban J connectivity index is 1.56. The van der Waals surface area contributed by atoms with E-state index < -0.39 is 35.9 Å². The highest BCUT2D eigenvalue weighted by Crippen LogP contribution is 2.42. The van der Waals surface area contributed by atoms with Crippen molar-refractivity contribution < 1.29 is 28.5 Å². The Morgan fingerprint density at radius 1 is 1.06 bits per heavy atom. The van der Waals surface area contributed by atoms with Gasteiger partial charge in [-0.1, -0.05) is 65.8 Å². The molecule has 4 rings (SSSR count). The highest BCUT2D eigenvalue weighted by molar-refractivity contribution is 5.66. The summed E-state index contributed by atoms with van der Waals surface area (Å²) in [5.74, 6) is -0.874. The second kappa shape index (κ2) is 10.0. The average molecular weight is 453 g/mol. The van der Waals surface area contributed by atoms with Crippen molar-refractivity contribution in [1.29, 1.82) is 0 Å². The van der Waals surface area contributed by atoms with Gasteiger partial charge in [-0.05, 0) is 30.5 Å². The van der Waals surface area contributed by atoms with Crippen molar-refractivity contribution in [1.82, 2.24) is 0 Å². The summed E-state index contributed by atoms with van der Waals surface area (Å²) in [4.78, 5) is 15.3. The van der Waals surface area contributed by atoms with Crippen LogP contribution in [0.25, 0.3) is 10.4 Å². The number of carbonyl (C=O) groups is 1. The molecule has 2 aliphatic heterocycles. The molecule has 0 spiro atoms. The largest absolute Gasteiger partial charge is 0.375 e. The number of ether oxygens (including phenoxy) is 5. The zero-order valence-electron chi connectivity index (χ0n) is 18.6. The summed E-state index contributed by atoms with van der Waals surface area (Å²) < 4.78 is 30.0. The van der Waals surface area contributed by atoms with Crippen molar-refractivity contribution in [2.24, 2.45) is 5.11 Å². The number of benzene rings is 2. The van der Waals surface area contributed by atoms with Gasteiger partial charge in [0.1, 0.15) is 24.6 Å². The molecule has 2 heterocycles. The Morgan fingerprint density at radius 3 is 2.30 bits per heavy atom. The molecule has 2 saturated heterocycles. The summed E-state index contributed by atoms with van der Waals surface area (Å²) in [7, 11) is 0. The van der Waals surface area contributed by atoms with Crippen LogP contribution in [0.2, 0.25) is 0 Å². The van der Waals surface area contributed by atoms with E-state index in [1.54, 1.807) is 13.8 Å². The van der Waals surface area contributed by atoms with Gasteiger partial charge >= 0.3 is 0 Å². The molecule has 9 heteroatoms. The number of carbonyl (C=O) groups excluding carboxylic acids is 1. The number of hydrogen-bond donors (Lipinski definition) is 0. The monoisotopic (exact) mass is 453 g/mol. The normalized spacial score (nSPS) is 27.3. The Hall–Kier alpha value is -2.78. The van der Waals surface area contributed by atoms with Crippen molar-refractivity contribution >= 4 is 6.29 Å². The van der Waals surface area contributed by atoms with Gasteiger partial charge in [0.15, 0.2) is 17.6 Å². The first kappa shape index (κ1) is 23.4. The van der Waals surface area contributed by atoms with E-state index in [0.29, 0.717) is 6.29 Å². The molecule has 0 amide bonds. The second-order valence-electron chi connectivity index (χ2n) is 8.56. The van der Waals surface area contributed by atoms with Crippen molar-refractivity contribution in [3.8, 4) is 0 Å². The van der Waals surface area contributed by atoms with Crippen molar-refractivity contribution in [3.05, 3.63) is 82.2 Å². The van der Waals surface area contributed by atoms with Gasteiger partial charge in [-0.25, -0.2) is 0 Å². The standard InChI is InChI=1S/C24H27N3O6/c1-23(2)32-20-19(30-14-18-11-7-4-8-12-18)21(31-22(20)33-23)24(15-28,26-27-25)16-29-13-17-9-5-3-6-10-17/h3-12,15,19-22H,13-14,16H2,1-2H3/t19-,20-,21+,22-,24?/m1/s1. The number of hydrogen-bond acceptors (Lipinski definition) is 7. The van der Waals surface area contributed by atoms with Crippen LogP contribution in [0.15, 0.2) is 65.8 Å². The van der Waals surface area contributed by atoms with Gasteiger partial charge in [0.25, 0.3) is 0 Å². The van der Waals surface area contributed by atoms with Crippen LogP contribution in [-0.4, -0.2) is 48.8 Å². The molecule has 9 nitrogen and oxygen atoms in total. The lowest BCUT2D eigenvalue weighted by Crippen LogP contribution is -2.53. The van der Waals surface area contributed by atoms with Crippen LogP contribution in [0.4, 0.5) is 0 Å². The molecular weight excluding hydrogens is 426 g/mol. The molecule has 2 aromatic rings. The fraction of sp³-hybridized carbons (Fsp3) is 0.458. The zero-order valence-corrected chi connectivity index (χ0v) is 18.6. The predicted molar refractivity (Wildman–Crippen MR) is 118 cm³/mol. The molecule has 0 aromatic heterocycles. The van der Waals surface area contributed by atoms with Gasteiger partial charge < -0.3 is 28.5 Å². The summed E-state index contributed by atoms with van der Waals surface area (Å²) in [5.41, 5.74) is 9.48. The predicted octanol–water partition coefficient (Wildman–Crippen LogP) is 3.91. The number of fused-ring (bicyclic) bond motifs is 1. The number of aldehydes is 1. The van der Waals surface area contributed by atoms with Crippen LogP contribution in [0.3, 0.4) is 0 Å². The molecular formula is C24H27N3O6. The third kappa shape index (κ3) is 5.25. The summed E-state index contributed by atoms with van der Waals surface area (Å²) in [6, 6.07) is 19.1. The van der Waals surface area contributed by atoms with Crippen molar-refractivity contribution in [2.45, 2.75) is 63.0 Å². The summed E-state index contributed by atoms with van der Waals surface area (Å²) in [6.45, 7) is 3.87. The van der Waals surface area contributed by atoms with Crippen molar-refractivity contribution in [2.75, 3.05) is 6.61 Å². The Kier molecular flexibility index (Phi) is 7.09. The quantitative estimate of drug-likeness (QED) is 0.233. The molecule has 5 atom stereocenters. The molecule has 174 valence electrons. The van der Waals surface area contributed by atoms with E-state index in [4.69, 9.17) is 23.7 Å². The topological polar surface area (TPSA) is 112 Å². The first-order chi connectivity index (χ1) is 16.0. The zero-order chi connectivity index (χ0) is 23.3. The van der Waals surface area contributed by atoms with Crippen LogP contribution in [0, 0.1) is 0 Å². The molecule has 0 N–H and O–H groups in total. The minimum absolute atomic E-state index is 0.186. The van der Waals surface area contributed by atoms with Gasteiger partial charge in [-0.15, -0.1) is 0 Å². The smallest absolute Gasteiger partial charge is 0.190 e. The molecule has 0 saturated carbocycles. The van der Waals surface area contributed by atoms with Gasteiger partial charge in [-0.3, -0.25) is 0 Å². The maximum atomic E-state index is 12.4. The van der Waals surface area contributed by atoms with E-state index in [1.165, 1.54) is 0 Å². The van der Waals surface area contributed by atoms with E-state index in [9.17, 15) is 10.3 Å². The fourth-order valence-corrected chi connectivity index (χ4v) is 4.11. The van der Waals surface area contributed by atoms with E-state index in [2.05, 4.69) is 10.0 Å². The summed E-state index contributed by atoms with van der Waals surface area (Å²) >= 11 is 0. The fourth-order valence-electron chi connectivity index (χ4n) is 4.11. The lowest BCUT2D eigenvalue weighted by atomic mass is 9.91. The van der Waals surface area contributed by atoms with Crippen molar-refractivity contribution in [3.63, 3.8) is 0 Å². The van der Waals surface area contributed by atoms with Crippen LogP contribution in [-0.2, 0) is 41.7 Å². The van der Waals surface area contributed by atoms with E-state index in [1.807, 2.05) is 60.7 Å². The lowest BCUT2D eigenvalue weighted by Gasteiger charge is -2.34. The lowest BCUT2D eigenvalue weighted by molar-refractivity contribution is -0.227. The number of azide groups is 1. The third-order valence-electron chi connectivity index (χ3n) is 5.65. The van der Waals surface area contributed by atoms with Crippen LogP contribution in [0.1, 0.15) is 25.0 Å². The summed E-state index contributed by atoms with van der Waals surface area (Å²) in [6.07, 6.45) is -2.50. The van der Waals surface area contributed by atoms with Crippen LogP contribution < -0.4 is 0 Å².